The van der Waals surface area contributed by atoms with Crippen LogP contribution in [0.1, 0.15) is 22.5 Å². The van der Waals surface area contributed by atoms with Crippen LogP contribution in [0.4, 0.5) is 0 Å². The summed E-state index contributed by atoms with van der Waals surface area (Å²) in [6.45, 7) is 4.26. The lowest BCUT2D eigenvalue weighted by atomic mass is 10.1. The van der Waals surface area contributed by atoms with Crippen LogP contribution in [-0.4, -0.2) is 4.98 Å². The van der Waals surface area contributed by atoms with E-state index in [4.69, 9.17) is 0 Å². The molecule has 0 amide bonds. The molecule has 1 aromatic carbocycles. The van der Waals surface area contributed by atoms with Crippen molar-refractivity contribution in [3.05, 3.63) is 58.9 Å². The predicted octanol–water partition coefficient (Wildman–Crippen LogP) is 3.42. The van der Waals surface area contributed by atoms with E-state index in [2.05, 4.69) is 55.2 Å². The van der Waals surface area contributed by atoms with E-state index in [0.29, 0.717) is 0 Å². The van der Waals surface area contributed by atoms with Gasteiger partial charge in [0.15, 0.2) is 0 Å². The van der Waals surface area contributed by atoms with Gasteiger partial charge in [0.25, 0.3) is 0 Å². The molecule has 0 unspecified atom stereocenters. The summed E-state index contributed by atoms with van der Waals surface area (Å²) in [6, 6.07) is 12.9. The van der Waals surface area contributed by atoms with Gasteiger partial charge in [-0.2, -0.15) is 0 Å². The Balaban J connectivity index is 2.02. The van der Waals surface area contributed by atoms with Crippen molar-refractivity contribution in [2.45, 2.75) is 26.7 Å². The largest absolute Gasteiger partial charge is 0.362 e. The molecule has 0 fully saturated rings. The zero-order valence-corrected chi connectivity index (χ0v) is 9.38. The van der Waals surface area contributed by atoms with Gasteiger partial charge >= 0.3 is 0 Å². The normalized spacial score (nSPS) is 10.5. The Bertz CT molecular complexity index is 426. The van der Waals surface area contributed by atoms with Crippen LogP contribution >= 0.6 is 0 Å². The number of nitrogens with one attached hydrogen (secondary N) is 1. The van der Waals surface area contributed by atoms with E-state index < -0.39 is 0 Å². The second-order valence-electron chi connectivity index (χ2n) is 4.09. The van der Waals surface area contributed by atoms with Gasteiger partial charge in [-0.1, -0.05) is 30.3 Å². The highest BCUT2D eigenvalue weighted by Crippen LogP contribution is 2.12. The van der Waals surface area contributed by atoms with Crippen LogP contribution in [0.2, 0.25) is 0 Å². The average molecular weight is 199 g/mol. The van der Waals surface area contributed by atoms with E-state index >= 15 is 0 Å². The molecule has 0 aliphatic carbocycles. The van der Waals surface area contributed by atoms with Gasteiger partial charge in [-0.05, 0) is 43.9 Å². The third-order valence-electron chi connectivity index (χ3n) is 2.78. The van der Waals surface area contributed by atoms with Crippen molar-refractivity contribution in [1.29, 1.82) is 0 Å². The highest BCUT2D eigenvalue weighted by molar-refractivity contribution is 5.26. The highest BCUT2D eigenvalue weighted by atomic mass is 14.7. The zero-order chi connectivity index (χ0) is 10.7. The molecular formula is C14H17N. The molecule has 1 N–H and O–H groups in total. The first-order chi connectivity index (χ1) is 7.25. The number of aromatic amines is 1. The van der Waals surface area contributed by atoms with Gasteiger partial charge in [0.1, 0.15) is 0 Å². The summed E-state index contributed by atoms with van der Waals surface area (Å²) in [5, 5.41) is 0. The summed E-state index contributed by atoms with van der Waals surface area (Å²) < 4.78 is 0. The minimum atomic E-state index is 1.12. The number of rotatable bonds is 3. The van der Waals surface area contributed by atoms with Gasteiger partial charge in [-0.3, -0.25) is 0 Å². The maximum Gasteiger partial charge on any atom is 0.0150 e. The highest BCUT2D eigenvalue weighted by Gasteiger charge is 2.01. The number of hydrogen-bond acceptors (Lipinski definition) is 0. The van der Waals surface area contributed by atoms with E-state index in [-0.39, 0.29) is 0 Å². The molecule has 1 heteroatoms. The molecule has 15 heavy (non-hydrogen) atoms. The fourth-order valence-corrected chi connectivity index (χ4v) is 1.97. The van der Waals surface area contributed by atoms with Crippen LogP contribution in [-0.2, 0) is 12.8 Å². The number of H-pyrrole nitrogens is 1. The van der Waals surface area contributed by atoms with Crippen LogP contribution in [0.25, 0.3) is 0 Å². The molecule has 0 atom stereocenters. The minimum absolute atomic E-state index is 1.12. The second kappa shape index (κ2) is 4.35. The molecule has 1 nitrogen and oxygen atoms in total. The molecule has 1 heterocycles. The standard InChI is InChI=1S/C14H17N/c1-11-10-14(12(2)15-11)9-8-13-6-4-3-5-7-13/h3-7,10,15H,8-9H2,1-2H3. The van der Waals surface area contributed by atoms with Crippen LogP contribution in [0.5, 0.6) is 0 Å². The molecule has 78 valence electrons. The fraction of sp³-hybridized carbons (Fsp3) is 0.286. The molecule has 0 radical (unpaired) electrons. The number of benzene rings is 1. The second-order valence-corrected chi connectivity index (χ2v) is 4.09. The van der Waals surface area contributed by atoms with Gasteiger partial charge in [0, 0.05) is 11.4 Å². The Hall–Kier alpha value is -1.50. The molecule has 0 bridgehead atoms. The van der Waals surface area contributed by atoms with E-state index in [1.54, 1.807) is 0 Å². The summed E-state index contributed by atoms with van der Waals surface area (Å²) in [5.74, 6) is 0. The molecule has 0 aliphatic rings. The maximum atomic E-state index is 3.34. The Labute approximate surface area is 91.2 Å². The van der Waals surface area contributed by atoms with Crippen molar-refractivity contribution >= 4 is 0 Å². The van der Waals surface area contributed by atoms with Crippen LogP contribution in [0.3, 0.4) is 0 Å². The molecule has 0 saturated heterocycles. The monoisotopic (exact) mass is 199 g/mol. The lowest BCUT2D eigenvalue weighted by molar-refractivity contribution is 0.948. The summed E-state index contributed by atoms with van der Waals surface area (Å²) in [7, 11) is 0. The summed E-state index contributed by atoms with van der Waals surface area (Å²) in [4.78, 5) is 3.34. The summed E-state index contributed by atoms with van der Waals surface area (Å²) >= 11 is 0. The van der Waals surface area contributed by atoms with E-state index in [1.807, 2.05) is 0 Å². The van der Waals surface area contributed by atoms with Gasteiger partial charge in [-0.25, -0.2) is 0 Å². The van der Waals surface area contributed by atoms with Crippen molar-refractivity contribution < 1.29 is 0 Å². The van der Waals surface area contributed by atoms with Crippen molar-refractivity contribution in [3.8, 4) is 0 Å². The minimum Gasteiger partial charge on any atom is -0.362 e. The van der Waals surface area contributed by atoms with E-state index in [0.717, 1.165) is 12.8 Å². The molecule has 2 rings (SSSR count). The van der Waals surface area contributed by atoms with Crippen molar-refractivity contribution in [3.63, 3.8) is 0 Å². The van der Waals surface area contributed by atoms with Gasteiger partial charge < -0.3 is 4.98 Å². The van der Waals surface area contributed by atoms with Crippen LogP contribution in [0, 0.1) is 13.8 Å². The Morgan fingerprint density at radius 1 is 1.00 bits per heavy atom. The smallest absolute Gasteiger partial charge is 0.0150 e. The van der Waals surface area contributed by atoms with Crippen molar-refractivity contribution in [2.24, 2.45) is 0 Å². The van der Waals surface area contributed by atoms with Crippen LogP contribution < -0.4 is 0 Å². The Morgan fingerprint density at radius 2 is 1.73 bits per heavy atom. The van der Waals surface area contributed by atoms with E-state index in [9.17, 15) is 0 Å². The molecule has 1 aromatic heterocycles. The Morgan fingerprint density at radius 3 is 2.33 bits per heavy atom. The van der Waals surface area contributed by atoms with E-state index in [1.165, 1.54) is 22.5 Å². The average Bonchev–Trinajstić information content (AvgIpc) is 2.56. The first kappa shape index (κ1) is 10.0. The molecule has 2 aromatic rings. The van der Waals surface area contributed by atoms with Crippen molar-refractivity contribution in [2.75, 3.05) is 0 Å². The van der Waals surface area contributed by atoms with Gasteiger partial charge in [0.2, 0.25) is 0 Å². The quantitative estimate of drug-likeness (QED) is 0.779. The molecule has 0 aliphatic heterocycles. The third kappa shape index (κ3) is 2.50. The first-order valence-electron chi connectivity index (χ1n) is 5.45. The lowest BCUT2D eigenvalue weighted by Gasteiger charge is -2.00. The van der Waals surface area contributed by atoms with Gasteiger partial charge in [-0.15, -0.1) is 0 Å². The third-order valence-corrected chi connectivity index (χ3v) is 2.78. The molecule has 0 spiro atoms. The fourth-order valence-electron chi connectivity index (χ4n) is 1.97. The molecule has 0 saturated carbocycles. The summed E-state index contributed by atoms with van der Waals surface area (Å²) in [5.41, 5.74) is 5.42. The first-order valence-corrected chi connectivity index (χ1v) is 5.45. The zero-order valence-electron chi connectivity index (χ0n) is 9.38. The number of hydrogen-bond donors (Lipinski definition) is 1. The maximum absolute atomic E-state index is 3.34. The number of aryl methyl sites for hydroxylation is 4. The van der Waals surface area contributed by atoms with Crippen LogP contribution in [0.15, 0.2) is 36.4 Å². The number of aromatic nitrogens is 1. The lowest BCUT2D eigenvalue weighted by Crippen LogP contribution is -1.91. The SMILES string of the molecule is Cc1cc(CCc2ccccc2)c(C)[nH]1. The Kier molecular flexibility index (Phi) is 2.91. The topological polar surface area (TPSA) is 15.8 Å². The van der Waals surface area contributed by atoms with Gasteiger partial charge in [0.05, 0.1) is 0 Å². The molecular weight excluding hydrogens is 182 g/mol. The predicted molar refractivity (Wildman–Crippen MR) is 64.1 cm³/mol. The van der Waals surface area contributed by atoms with Crippen molar-refractivity contribution in [1.82, 2.24) is 4.98 Å². The summed E-state index contributed by atoms with van der Waals surface area (Å²) in [6.07, 6.45) is 2.25.